The summed E-state index contributed by atoms with van der Waals surface area (Å²) in [6.45, 7) is 2.16. The van der Waals surface area contributed by atoms with Crippen molar-refractivity contribution in [1.29, 1.82) is 0 Å². The summed E-state index contributed by atoms with van der Waals surface area (Å²) in [4.78, 5) is 2.69. The standard InChI is InChI=1S/C23H20OS/c1-17-12-13-23(25-17)21(14-18-8-4-2-5-9-18)22-15-20(16-24-22)19-10-6-3-7-11-19/h2-13,15-16,21H,14H2,1H3. The molecule has 0 amide bonds. The highest BCUT2D eigenvalue weighted by molar-refractivity contribution is 7.12. The average molecular weight is 344 g/mol. The minimum Gasteiger partial charge on any atom is -0.468 e. The van der Waals surface area contributed by atoms with E-state index in [9.17, 15) is 0 Å². The molecule has 0 N–H and O–H groups in total. The maximum absolute atomic E-state index is 6.02. The molecular weight excluding hydrogens is 324 g/mol. The van der Waals surface area contributed by atoms with E-state index < -0.39 is 0 Å². The van der Waals surface area contributed by atoms with Crippen LogP contribution in [0.4, 0.5) is 0 Å². The number of thiophene rings is 1. The Morgan fingerprint density at radius 3 is 2.24 bits per heavy atom. The van der Waals surface area contributed by atoms with Crippen molar-refractivity contribution < 1.29 is 4.42 Å². The summed E-state index contributed by atoms with van der Waals surface area (Å²) in [5, 5.41) is 0. The summed E-state index contributed by atoms with van der Waals surface area (Å²) in [5.41, 5.74) is 3.66. The normalized spacial score (nSPS) is 12.2. The number of furan rings is 1. The van der Waals surface area contributed by atoms with E-state index >= 15 is 0 Å². The van der Waals surface area contributed by atoms with Crippen molar-refractivity contribution in [1.82, 2.24) is 0 Å². The van der Waals surface area contributed by atoms with Crippen molar-refractivity contribution in [2.45, 2.75) is 19.3 Å². The lowest BCUT2D eigenvalue weighted by Crippen LogP contribution is -2.02. The number of hydrogen-bond acceptors (Lipinski definition) is 2. The minimum atomic E-state index is 0.249. The zero-order valence-electron chi connectivity index (χ0n) is 14.2. The Morgan fingerprint density at radius 2 is 1.56 bits per heavy atom. The molecule has 0 saturated heterocycles. The van der Waals surface area contributed by atoms with Gasteiger partial charge < -0.3 is 4.42 Å². The summed E-state index contributed by atoms with van der Waals surface area (Å²) in [5.74, 6) is 1.28. The predicted octanol–water partition coefficient (Wildman–Crippen LogP) is 6.69. The van der Waals surface area contributed by atoms with Crippen molar-refractivity contribution in [3.63, 3.8) is 0 Å². The lowest BCUT2D eigenvalue weighted by Gasteiger charge is -2.13. The average Bonchev–Trinajstić information content (AvgIpc) is 3.31. The van der Waals surface area contributed by atoms with Crippen molar-refractivity contribution in [3.8, 4) is 11.1 Å². The molecule has 25 heavy (non-hydrogen) atoms. The molecule has 2 aromatic heterocycles. The van der Waals surface area contributed by atoms with Crippen molar-refractivity contribution in [2.24, 2.45) is 0 Å². The van der Waals surface area contributed by atoms with Crippen molar-refractivity contribution in [2.75, 3.05) is 0 Å². The van der Waals surface area contributed by atoms with E-state index in [0.717, 1.165) is 17.7 Å². The van der Waals surface area contributed by atoms with Gasteiger partial charge in [0, 0.05) is 15.3 Å². The Labute approximate surface area is 152 Å². The Kier molecular flexibility index (Phi) is 4.53. The maximum atomic E-state index is 6.02. The minimum absolute atomic E-state index is 0.249. The number of benzene rings is 2. The lowest BCUT2D eigenvalue weighted by molar-refractivity contribution is 0.486. The first-order valence-electron chi connectivity index (χ1n) is 8.54. The van der Waals surface area contributed by atoms with Crippen LogP contribution in [-0.4, -0.2) is 0 Å². The second kappa shape index (κ2) is 7.12. The molecule has 0 fully saturated rings. The van der Waals surface area contributed by atoms with Crippen LogP contribution in [-0.2, 0) is 6.42 Å². The largest absolute Gasteiger partial charge is 0.468 e. The molecule has 0 aliphatic rings. The van der Waals surface area contributed by atoms with E-state index in [-0.39, 0.29) is 5.92 Å². The third-order valence-electron chi connectivity index (χ3n) is 4.46. The fourth-order valence-electron chi connectivity index (χ4n) is 3.15. The first-order chi connectivity index (χ1) is 12.3. The molecule has 0 aliphatic heterocycles. The van der Waals surface area contributed by atoms with E-state index in [1.54, 1.807) is 0 Å². The van der Waals surface area contributed by atoms with Crippen LogP contribution in [0.15, 0.2) is 89.5 Å². The lowest BCUT2D eigenvalue weighted by atomic mass is 9.94. The van der Waals surface area contributed by atoms with Crippen molar-refractivity contribution >= 4 is 11.3 Å². The summed E-state index contributed by atoms with van der Waals surface area (Å²) in [7, 11) is 0. The van der Waals surface area contributed by atoms with Crippen LogP contribution >= 0.6 is 11.3 Å². The van der Waals surface area contributed by atoms with Gasteiger partial charge in [0.25, 0.3) is 0 Å². The van der Waals surface area contributed by atoms with Crippen LogP contribution in [0.3, 0.4) is 0 Å². The first-order valence-corrected chi connectivity index (χ1v) is 9.35. The van der Waals surface area contributed by atoms with Crippen LogP contribution < -0.4 is 0 Å². The Bertz CT molecular complexity index is 934. The maximum Gasteiger partial charge on any atom is 0.113 e. The SMILES string of the molecule is Cc1ccc(C(Cc2ccccc2)c2cc(-c3ccccc3)co2)s1. The van der Waals surface area contributed by atoms with Crippen LogP contribution in [0.2, 0.25) is 0 Å². The predicted molar refractivity (Wildman–Crippen MR) is 105 cm³/mol. The smallest absolute Gasteiger partial charge is 0.113 e. The molecule has 2 heteroatoms. The summed E-state index contributed by atoms with van der Waals surface area (Å²) >= 11 is 1.85. The molecule has 1 atom stereocenters. The van der Waals surface area contributed by atoms with Gasteiger partial charge in [-0.15, -0.1) is 11.3 Å². The molecule has 4 aromatic rings. The Hall–Kier alpha value is -2.58. The van der Waals surface area contributed by atoms with Gasteiger partial charge in [-0.2, -0.15) is 0 Å². The van der Waals surface area contributed by atoms with Gasteiger partial charge in [-0.05, 0) is 42.7 Å². The van der Waals surface area contributed by atoms with Gasteiger partial charge >= 0.3 is 0 Å². The van der Waals surface area contributed by atoms with Crippen LogP contribution in [0.5, 0.6) is 0 Å². The van der Waals surface area contributed by atoms with Crippen molar-refractivity contribution in [3.05, 3.63) is 106 Å². The highest BCUT2D eigenvalue weighted by atomic mass is 32.1. The van der Waals surface area contributed by atoms with E-state index in [4.69, 9.17) is 4.42 Å². The summed E-state index contributed by atoms with van der Waals surface area (Å²) < 4.78 is 6.02. The fourth-order valence-corrected chi connectivity index (χ4v) is 4.14. The molecule has 124 valence electrons. The monoisotopic (exact) mass is 344 g/mol. The zero-order valence-corrected chi connectivity index (χ0v) is 15.0. The molecule has 0 saturated carbocycles. The first kappa shape index (κ1) is 15.9. The van der Waals surface area contributed by atoms with E-state index in [0.29, 0.717) is 0 Å². The third kappa shape index (κ3) is 3.59. The van der Waals surface area contributed by atoms with Gasteiger partial charge in [0.1, 0.15) is 5.76 Å². The number of rotatable bonds is 5. The molecule has 0 bridgehead atoms. The molecule has 4 rings (SSSR count). The quantitative estimate of drug-likeness (QED) is 0.393. The van der Waals surface area contributed by atoms with E-state index in [2.05, 4.69) is 79.7 Å². The number of aryl methyl sites for hydroxylation is 1. The highest BCUT2D eigenvalue weighted by Gasteiger charge is 2.20. The summed E-state index contributed by atoms with van der Waals surface area (Å²) in [6, 6.07) is 27.7. The molecule has 2 heterocycles. The van der Waals surface area contributed by atoms with Gasteiger partial charge in [0.05, 0.1) is 12.2 Å². The Morgan fingerprint density at radius 1 is 0.840 bits per heavy atom. The molecular formula is C23H20OS. The molecule has 0 aliphatic carbocycles. The van der Waals surface area contributed by atoms with Crippen LogP contribution in [0.25, 0.3) is 11.1 Å². The van der Waals surface area contributed by atoms with E-state index in [1.165, 1.54) is 20.9 Å². The van der Waals surface area contributed by atoms with Gasteiger partial charge in [-0.1, -0.05) is 60.7 Å². The molecule has 1 nitrogen and oxygen atoms in total. The summed E-state index contributed by atoms with van der Waals surface area (Å²) in [6.07, 6.45) is 2.83. The topological polar surface area (TPSA) is 13.1 Å². The second-order valence-electron chi connectivity index (χ2n) is 6.29. The van der Waals surface area contributed by atoms with Crippen LogP contribution in [0, 0.1) is 6.92 Å². The fraction of sp³-hybridized carbons (Fsp3) is 0.130. The third-order valence-corrected chi connectivity index (χ3v) is 5.57. The van der Waals surface area contributed by atoms with E-state index in [1.807, 2.05) is 23.7 Å². The molecule has 0 radical (unpaired) electrons. The van der Waals surface area contributed by atoms with Gasteiger partial charge in [-0.3, -0.25) is 0 Å². The Balaban J connectivity index is 1.70. The van der Waals surface area contributed by atoms with Crippen LogP contribution in [0.1, 0.15) is 27.0 Å². The molecule has 2 aromatic carbocycles. The number of hydrogen-bond donors (Lipinski definition) is 0. The molecule has 0 spiro atoms. The van der Waals surface area contributed by atoms with Gasteiger partial charge in [-0.25, -0.2) is 0 Å². The van der Waals surface area contributed by atoms with Gasteiger partial charge in [0.15, 0.2) is 0 Å². The zero-order chi connectivity index (χ0) is 17.1. The second-order valence-corrected chi connectivity index (χ2v) is 7.61. The molecule has 1 unspecified atom stereocenters. The van der Waals surface area contributed by atoms with Gasteiger partial charge in [0.2, 0.25) is 0 Å². The highest BCUT2D eigenvalue weighted by Crippen LogP contribution is 2.36.